The van der Waals surface area contributed by atoms with E-state index in [9.17, 15) is 4.79 Å². The van der Waals surface area contributed by atoms with Gasteiger partial charge >= 0.3 is 5.97 Å². The highest BCUT2D eigenvalue weighted by molar-refractivity contribution is 5.85. The number of nitrogens with zero attached hydrogens (tertiary/aromatic N) is 1. The fourth-order valence-electron chi connectivity index (χ4n) is 0.763. The molecule has 0 amide bonds. The van der Waals surface area contributed by atoms with Gasteiger partial charge in [0.15, 0.2) is 0 Å². The summed E-state index contributed by atoms with van der Waals surface area (Å²) in [6.45, 7) is 5.33. The van der Waals surface area contributed by atoms with E-state index < -0.39 is 5.72 Å². The maximum Gasteiger partial charge on any atom is 0.305 e. The number of esters is 1. The van der Waals surface area contributed by atoms with Gasteiger partial charge in [-0.2, -0.15) is 0 Å². The van der Waals surface area contributed by atoms with Crippen LogP contribution < -0.4 is 0 Å². The lowest BCUT2D eigenvalue weighted by atomic mass is 10.1. The van der Waals surface area contributed by atoms with Crippen molar-refractivity contribution in [1.29, 1.82) is 0 Å². The first kappa shape index (κ1) is 7.25. The fraction of sp³-hybridized carbons (Fsp3) is 0.714. The molecular formula is C7H11NO2. The minimum Gasteiger partial charge on any atom is -0.432 e. The van der Waals surface area contributed by atoms with E-state index in [0.29, 0.717) is 0 Å². The summed E-state index contributed by atoms with van der Waals surface area (Å²) in [4.78, 5) is 14.4. The molecule has 1 heterocycles. The first-order chi connectivity index (χ1) is 4.57. The van der Waals surface area contributed by atoms with E-state index in [1.807, 2.05) is 13.8 Å². The van der Waals surface area contributed by atoms with Gasteiger partial charge < -0.3 is 4.74 Å². The summed E-state index contributed by atoms with van der Waals surface area (Å²) in [6.07, 6.45) is 1.67. The van der Waals surface area contributed by atoms with E-state index in [1.54, 1.807) is 6.21 Å². The molecule has 0 N–H and O–H groups in total. The molecule has 0 aliphatic carbocycles. The summed E-state index contributed by atoms with van der Waals surface area (Å²) >= 11 is 0. The van der Waals surface area contributed by atoms with Crippen LogP contribution in [0.1, 0.15) is 20.8 Å². The van der Waals surface area contributed by atoms with Crippen molar-refractivity contribution in [3.05, 3.63) is 0 Å². The van der Waals surface area contributed by atoms with Gasteiger partial charge in [0.1, 0.15) is 0 Å². The van der Waals surface area contributed by atoms with Crippen LogP contribution in [0.25, 0.3) is 0 Å². The summed E-state index contributed by atoms with van der Waals surface area (Å²) in [5.41, 5.74) is -0.578. The fourth-order valence-corrected chi connectivity index (χ4v) is 0.763. The molecule has 0 saturated heterocycles. The van der Waals surface area contributed by atoms with Crippen LogP contribution in [0.4, 0.5) is 0 Å². The molecule has 0 radical (unpaired) electrons. The van der Waals surface area contributed by atoms with Crippen molar-refractivity contribution < 1.29 is 9.53 Å². The van der Waals surface area contributed by atoms with Crippen molar-refractivity contribution in [1.82, 2.24) is 0 Å². The second-order valence-corrected chi connectivity index (χ2v) is 2.76. The summed E-state index contributed by atoms with van der Waals surface area (Å²) in [5, 5.41) is 0. The molecule has 0 bridgehead atoms. The number of rotatable bonds is 2. The summed E-state index contributed by atoms with van der Waals surface area (Å²) < 4.78 is 4.95. The third-order valence-corrected chi connectivity index (χ3v) is 1.52. The lowest BCUT2D eigenvalue weighted by molar-refractivity contribution is -0.149. The van der Waals surface area contributed by atoms with Gasteiger partial charge in [-0.3, -0.25) is 4.79 Å². The molecule has 10 heavy (non-hydrogen) atoms. The van der Waals surface area contributed by atoms with Crippen LogP contribution in [-0.2, 0) is 9.53 Å². The number of ether oxygens (including phenoxy) is 1. The van der Waals surface area contributed by atoms with Crippen molar-refractivity contribution >= 4 is 12.2 Å². The maximum absolute atomic E-state index is 10.5. The van der Waals surface area contributed by atoms with Gasteiger partial charge in [0.2, 0.25) is 5.72 Å². The smallest absolute Gasteiger partial charge is 0.305 e. The maximum atomic E-state index is 10.5. The van der Waals surface area contributed by atoms with Crippen molar-refractivity contribution in [2.24, 2.45) is 10.9 Å². The zero-order chi connectivity index (χ0) is 7.78. The van der Waals surface area contributed by atoms with E-state index in [-0.39, 0.29) is 11.9 Å². The van der Waals surface area contributed by atoms with Crippen molar-refractivity contribution in [3.8, 4) is 0 Å². The Kier molecular flexibility index (Phi) is 1.50. The Morgan fingerprint density at radius 1 is 1.70 bits per heavy atom. The Hall–Kier alpha value is -0.860. The molecule has 1 unspecified atom stereocenters. The zero-order valence-electron chi connectivity index (χ0n) is 6.42. The SMILES string of the molecule is CC(=O)OC1(C(C)C)C=N1. The first-order valence-corrected chi connectivity index (χ1v) is 3.33. The van der Waals surface area contributed by atoms with Gasteiger partial charge in [0, 0.05) is 12.8 Å². The lowest BCUT2D eigenvalue weighted by Gasteiger charge is -2.16. The quantitative estimate of drug-likeness (QED) is 0.538. The molecule has 1 atom stereocenters. The van der Waals surface area contributed by atoms with Crippen molar-refractivity contribution in [2.45, 2.75) is 26.5 Å². The van der Waals surface area contributed by atoms with Crippen LogP contribution in [0.2, 0.25) is 0 Å². The molecule has 1 rings (SSSR count). The first-order valence-electron chi connectivity index (χ1n) is 3.33. The Balaban J connectivity index is 2.46. The van der Waals surface area contributed by atoms with Gasteiger partial charge in [0.25, 0.3) is 0 Å². The highest BCUT2D eigenvalue weighted by Crippen LogP contribution is 2.30. The van der Waals surface area contributed by atoms with E-state index in [2.05, 4.69) is 4.99 Å². The predicted octanol–water partition coefficient (Wildman–Crippen LogP) is 0.986. The lowest BCUT2D eigenvalue weighted by Crippen LogP contribution is -2.27. The zero-order valence-corrected chi connectivity index (χ0v) is 6.42. The van der Waals surface area contributed by atoms with E-state index in [1.165, 1.54) is 6.92 Å². The average molecular weight is 141 g/mol. The number of hydrogen-bond acceptors (Lipinski definition) is 3. The average Bonchev–Trinajstić information content (AvgIpc) is 2.46. The molecule has 1 aliphatic rings. The Labute approximate surface area is 60.1 Å². The predicted molar refractivity (Wildman–Crippen MR) is 37.8 cm³/mol. The molecule has 1 aliphatic heterocycles. The van der Waals surface area contributed by atoms with Gasteiger partial charge in [-0.15, -0.1) is 0 Å². The largest absolute Gasteiger partial charge is 0.432 e. The second kappa shape index (κ2) is 2.08. The van der Waals surface area contributed by atoms with E-state index >= 15 is 0 Å². The molecule has 0 aromatic rings. The van der Waals surface area contributed by atoms with Gasteiger partial charge in [-0.1, -0.05) is 13.8 Å². The number of carbonyl (C=O) groups excluding carboxylic acids is 1. The van der Waals surface area contributed by atoms with Crippen LogP contribution in [0.3, 0.4) is 0 Å². The normalized spacial score (nSPS) is 28.8. The van der Waals surface area contributed by atoms with Crippen molar-refractivity contribution in [2.75, 3.05) is 0 Å². The molecule has 3 heteroatoms. The Morgan fingerprint density at radius 2 is 2.20 bits per heavy atom. The van der Waals surface area contributed by atoms with Crippen LogP contribution in [0, 0.1) is 5.92 Å². The molecular weight excluding hydrogens is 130 g/mol. The molecule has 0 aromatic heterocycles. The highest BCUT2D eigenvalue weighted by Gasteiger charge is 2.43. The summed E-state index contributed by atoms with van der Waals surface area (Å²) in [5.74, 6) is -0.0254. The van der Waals surface area contributed by atoms with Gasteiger partial charge in [-0.25, -0.2) is 4.99 Å². The molecule has 0 spiro atoms. The number of hydrogen-bond donors (Lipinski definition) is 0. The van der Waals surface area contributed by atoms with Gasteiger partial charge in [-0.05, 0) is 0 Å². The highest BCUT2D eigenvalue weighted by atomic mass is 16.6. The summed E-state index contributed by atoms with van der Waals surface area (Å²) in [7, 11) is 0. The van der Waals surface area contributed by atoms with Crippen LogP contribution in [0.5, 0.6) is 0 Å². The third kappa shape index (κ3) is 1.17. The second-order valence-electron chi connectivity index (χ2n) is 2.76. The van der Waals surface area contributed by atoms with E-state index in [0.717, 1.165) is 0 Å². The molecule has 0 saturated carbocycles. The molecule has 0 aromatic carbocycles. The monoisotopic (exact) mass is 141 g/mol. The van der Waals surface area contributed by atoms with E-state index in [4.69, 9.17) is 4.74 Å². The van der Waals surface area contributed by atoms with Crippen LogP contribution in [0.15, 0.2) is 4.99 Å². The van der Waals surface area contributed by atoms with Gasteiger partial charge in [0.05, 0.1) is 6.21 Å². The number of carbonyl (C=O) groups is 1. The van der Waals surface area contributed by atoms with Crippen LogP contribution in [-0.4, -0.2) is 17.9 Å². The molecule has 0 fully saturated rings. The van der Waals surface area contributed by atoms with Crippen LogP contribution >= 0.6 is 0 Å². The molecule has 3 nitrogen and oxygen atoms in total. The third-order valence-electron chi connectivity index (χ3n) is 1.52. The van der Waals surface area contributed by atoms with Crippen molar-refractivity contribution in [3.63, 3.8) is 0 Å². The number of aliphatic imine (C=N–C) groups is 1. The minimum atomic E-state index is -0.578. The minimum absolute atomic E-state index is 0.247. The Morgan fingerprint density at radius 3 is 2.30 bits per heavy atom. The standard InChI is InChI=1S/C7H11NO2/c1-5(2)7(4-8-7)10-6(3)9/h4-5H,1-3H3. The Bertz CT molecular complexity index is 178. The topological polar surface area (TPSA) is 38.7 Å². The summed E-state index contributed by atoms with van der Waals surface area (Å²) in [6, 6.07) is 0. The molecule has 56 valence electrons.